The largest absolute Gasteiger partial charge is 0.457 e. The molecule has 0 amide bonds. The monoisotopic (exact) mass is 336 g/mol. The van der Waals surface area contributed by atoms with Gasteiger partial charge >= 0.3 is 5.97 Å². The smallest absolute Gasteiger partial charge is 0.338 e. The number of aldehydes is 1. The summed E-state index contributed by atoms with van der Waals surface area (Å²) in [6, 6.07) is 16.7. The number of benzene rings is 2. The molecule has 0 aliphatic rings. The van der Waals surface area contributed by atoms with Crippen LogP contribution in [0.4, 0.5) is 0 Å². The Bertz CT molecular complexity index is 745. The van der Waals surface area contributed by atoms with Gasteiger partial charge in [-0.3, -0.25) is 4.79 Å². The summed E-state index contributed by atoms with van der Waals surface area (Å²) in [6.07, 6.45) is 3.51. The van der Waals surface area contributed by atoms with Gasteiger partial charge in [0.15, 0.2) is 0 Å². The third-order valence-corrected chi connectivity index (χ3v) is 4.16. The highest BCUT2D eigenvalue weighted by atomic mass is 16.5. The first-order chi connectivity index (χ1) is 12.2. The second-order valence-corrected chi connectivity index (χ2v) is 5.98. The van der Waals surface area contributed by atoms with Crippen LogP contribution in [0.2, 0.25) is 0 Å². The van der Waals surface area contributed by atoms with Crippen LogP contribution < -0.4 is 0 Å². The Morgan fingerprint density at radius 1 is 1.04 bits per heavy atom. The number of allylic oxidation sites excluding steroid dienone is 1. The third kappa shape index (κ3) is 5.15. The lowest BCUT2D eigenvalue weighted by molar-refractivity contribution is -0.105. The van der Waals surface area contributed by atoms with E-state index in [1.807, 2.05) is 37.3 Å². The molecule has 0 N–H and O–H groups in total. The van der Waals surface area contributed by atoms with Crippen molar-refractivity contribution in [1.82, 2.24) is 0 Å². The molecule has 0 unspecified atom stereocenters. The Morgan fingerprint density at radius 3 is 2.36 bits per heavy atom. The molecular weight excluding hydrogens is 312 g/mol. The Labute approximate surface area is 149 Å². The molecule has 3 heteroatoms. The molecule has 0 aliphatic heterocycles. The fourth-order valence-electron chi connectivity index (χ4n) is 2.70. The van der Waals surface area contributed by atoms with Crippen LogP contribution in [0.5, 0.6) is 0 Å². The lowest BCUT2D eigenvalue weighted by Gasteiger charge is -2.15. The molecule has 0 aromatic heterocycles. The van der Waals surface area contributed by atoms with E-state index in [2.05, 4.69) is 6.92 Å². The fraction of sp³-hybridized carbons (Fsp3) is 0.273. The number of rotatable bonds is 8. The van der Waals surface area contributed by atoms with Crippen molar-refractivity contribution >= 4 is 17.8 Å². The van der Waals surface area contributed by atoms with Crippen molar-refractivity contribution in [3.05, 3.63) is 76.9 Å². The zero-order valence-corrected chi connectivity index (χ0v) is 14.8. The van der Waals surface area contributed by atoms with Gasteiger partial charge in [-0.05, 0) is 48.6 Å². The number of hydrogen-bond donors (Lipinski definition) is 0. The number of carbonyl (C=O) groups is 2. The highest BCUT2D eigenvalue weighted by molar-refractivity contribution is 5.92. The second kappa shape index (κ2) is 9.58. The van der Waals surface area contributed by atoms with Gasteiger partial charge in [0, 0.05) is 5.57 Å². The number of unbranched alkanes of at least 4 members (excludes halogenated alkanes) is 1. The number of esters is 1. The van der Waals surface area contributed by atoms with E-state index in [9.17, 15) is 9.59 Å². The molecule has 0 heterocycles. The van der Waals surface area contributed by atoms with E-state index in [0.29, 0.717) is 17.6 Å². The SMILES string of the molecule is CCCC/C(C=O)=C(\COC(=O)c1ccccc1)c1ccccc1C. The van der Waals surface area contributed by atoms with E-state index in [0.717, 1.165) is 35.8 Å². The van der Waals surface area contributed by atoms with E-state index in [1.165, 1.54) is 0 Å². The van der Waals surface area contributed by atoms with Crippen LogP contribution in [0, 0.1) is 6.92 Å². The molecule has 0 fully saturated rings. The number of ether oxygens (including phenoxy) is 1. The van der Waals surface area contributed by atoms with Gasteiger partial charge in [0.05, 0.1) is 5.56 Å². The molecule has 0 saturated heterocycles. The summed E-state index contributed by atoms with van der Waals surface area (Å²) in [7, 11) is 0. The van der Waals surface area contributed by atoms with E-state index in [4.69, 9.17) is 4.74 Å². The number of hydrogen-bond acceptors (Lipinski definition) is 3. The zero-order chi connectivity index (χ0) is 18.1. The molecule has 25 heavy (non-hydrogen) atoms. The Morgan fingerprint density at radius 2 is 1.72 bits per heavy atom. The summed E-state index contributed by atoms with van der Waals surface area (Å²) < 4.78 is 5.51. The van der Waals surface area contributed by atoms with Crippen molar-refractivity contribution in [2.45, 2.75) is 33.1 Å². The number of carbonyl (C=O) groups excluding carboxylic acids is 2. The van der Waals surface area contributed by atoms with Gasteiger partial charge < -0.3 is 4.74 Å². The maximum absolute atomic E-state index is 12.3. The molecule has 0 bridgehead atoms. The maximum Gasteiger partial charge on any atom is 0.338 e. The second-order valence-electron chi connectivity index (χ2n) is 5.98. The first-order valence-corrected chi connectivity index (χ1v) is 8.62. The average Bonchev–Trinajstić information content (AvgIpc) is 2.65. The standard InChI is InChI=1S/C22H24O3/c1-3-4-11-19(15-23)21(20-14-9-8-10-17(20)2)16-25-22(24)18-12-6-5-7-13-18/h5-10,12-15H,3-4,11,16H2,1-2H3/b21-19-. The lowest BCUT2D eigenvalue weighted by Crippen LogP contribution is -2.10. The molecule has 0 aliphatic carbocycles. The van der Waals surface area contributed by atoms with E-state index in [-0.39, 0.29) is 12.6 Å². The quantitative estimate of drug-likeness (QED) is 0.387. The van der Waals surface area contributed by atoms with Gasteiger partial charge in [-0.15, -0.1) is 0 Å². The predicted octanol–water partition coefficient (Wildman–Crippen LogP) is 4.99. The van der Waals surface area contributed by atoms with Gasteiger partial charge in [-0.1, -0.05) is 55.8 Å². The van der Waals surface area contributed by atoms with Crippen molar-refractivity contribution in [1.29, 1.82) is 0 Å². The van der Waals surface area contributed by atoms with E-state index in [1.54, 1.807) is 24.3 Å². The predicted molar refractivity (Wildman–Crippen MR) is 100 cm³/mol. The van der Waals surface area contributed by atoms with Crippen LogP contribution in [0.1, 0.15) is 47.7 Å². The van der Waals surface area contributed by atoms with Crippen LogP contribution >= 0.6 is 0 Å². The third-order valence-electron chi connectivity index (χ3n) is 4.16. The maximum atomic E-state index is 12.3. The minimum absolute atomic E-state index is 0.0936. The highest BCUT2D eigenvalue weighted by Crippen LogP contribution is 2.25. The molecule has 2 aromatic rings. The lowest BCUT2D eigenvalue weighted by atomic mass is 9.94. The van der Waals surface area contributed by atoms with Crippen LogP contribution in [-0.2, 0) is 9.53 Å². The van der Waals surface area contributed by atoms with Crippen molar-refractivity contribution in [2.24, 2.45) is 0 Å². The Balaban J connectivity index is 2.29. The first kappa shape index (κ1) is 18.7. The fourth-order valence-corrected chi connectivity index (χ4v) is 2.70. The highest BCUT2D eigenvalue weighted by Gasteiger charge is 2.14. The summed E-state index contributed by atoms with van der Waals surface area (Å²) in [5.74, 6) is -0.382. The minimum atomic E-state index is -0.382. The van der Waals surface area contributed by atoms with Crippen molar-refractivity contribution in [3.8, 4) is 0 Å². The van der Waals surface area contributed by atoms with Gasteiger partial charge in [0.25, 0.3) is 0 Å². The first-order valence-electron chi connectivity index (χ1n) is 8.62. The Hall–Kier alpha value is -2.68. The van der Waals surface area contributed by atoms with Crippen molar-refractivity contribution < 1.29 is 14.3 Å². The van der Waals surface area contributed by atoms with Gasteiger partial charge in [-0.25, -0.2) is 4.79 Å². The summed E-state index contributed by atoms with van der Waals surface area (Å²) in [6.45, 7) is 4.18. The molecule has 130 valence electrons. The molecule has 2 rings (SSSR count). The summed E-state index contributed by atoms with van der Waals surface area (Å²) in [4.78, 5) is 23.9. The van der Waals surface area contributed by atoms with Gasteiger partial charge in [0.1, 0.15) is 12.9 Å². The molecule has 3 nitrogen and oxygen atoms in total. The minimum Gasteiger partial charge on any atom is -0.457 e. The number of aryl methyl sites for hydroxylation is 1. The van der Waals surface area contributed by atoms with Gasteiger partial charge in [-0.2, -0.15) is 0 Å². The zero-order valence-electron chi connectivity index (χ0n) is 14.8. The van der Waals surface area contributed by atoms with E-state index < -0.39 is 0 Å². The molecule has 0 atom stereocenters. The molecular formula is C22H24O3. The van der Waals surface area contributed by atoms with Crippen LogP contribution in [0.25, 0.3) is 5.57 Å². The van der Waals surface area contributed by atoms with Crippen LogP contribution in [-0.4, -0.2) is 18.9 Å². The van der Waals surface area contributed by atoms with Crippen LogP contribution in [0.15, 0.2) is 60.2 Å². The van der Waals surface area contributed by atoms with Crippen LogP contribution in [0.3, 0.4) is 0 Å². The van der Waals surface area contributed by atoms with Crippen molar-refractivity contribution in [3.63, 3.8) is 0 Å². The summed E-state index contributed by atoms with van der Waals surface area (Å²) in [5, 5.41) is 0. The molecule has 0 radical (unpaired) electrons. The molecule has 0 spiro atoms. The van der Waals surface area contributed by atoms with E-state index >= 15 is 0 Å². The normalized spacial score (nSPS) is 11.6. The van der Waals surface area contributed by atoms with Gasteiger partial charge in [0.2, 0.25) is 0 Å². The molecule has 0 saturated carbocycles. The molecule has 2 aromatic carbocycles. The average molecular weight is 336 g/mol. The topological polar surface area (TPSA) is 43.4 Å². The summed E-state index contributed by atoms with van der Waals surface area (Å²) in [5.41, 5.74) is 4.03. The van der Waals surface area contributed by atoms with Crippen molar-refractivity contribution in [2.75, 3.05) is 6.61 Å². The summed E-state index contributed by atoms with van der Waals surface area (Å²) >= 11 is 0. The Kier molecular flexibility index (Phi) is 7.15.